The number of rotatable bonds is 4. The van der Waals surface area contributed by atoms with Crippen LogP contribution in [0.4, 0.5) is 29.7 Å². The number of ether oxygens (including phenoxy) is 1. The summed E-state index contributed by atoms with van der Waals surface area (Å²) < 4.78 is 34.4. The molecular formula is C17H20F2N4O5. The van der Waals surface area contributed by atoms with Gasteiger partial charge in [-0.1, -0.05) is 0 Å². The summed E-state index contributed by atoms with van der Waals surface area (Å²) in [6, 6.07) is 2.09. The molecule has 1 atom stereocenters. The van der Waals surface area contributed by atoms with Crippen molar-refractivity contribution in [2.45, 2.75) is 13.0 Å². The van der Waals surface area contributed by atoms with Crippen molar-refractivity contribution < 1.29 is 33.0 Å². The van der Waals surface area contributed by atoms with Crippen LogP contribution < -0.4 is 15.1 Å². The molecule has 152 valence electrons. The van der Waals surface area contributed by atoms with E-state index in [0.29, 0.717) is 0 Å². The van der Waals surface area contributed by atoms with E-state index in [1.165, 1.54) is 16.7 Å². The summed E-state index contributed by atoms with van der Waals surface area (Å²) in [6.45, 7) is 2.07. The molecule has 2 aliphatic heterocycles. The number of hydrogen-bond acceptors (Lipinski definition) is 5. The van der Waals surface area contributed by atoms with Gasteiger partial charge in [0.1, 0.15) is 11.8 Å². The van der Waals surface area contributed by atoms with Crippen molar-refractivity contribution in [2.24, 2.45) is 0 Å². The van der Waals surface area contributed by atoms with E-state index in [9.17, 15) is 23.2 Å². The highest BCUT2D eigenvalue weighted by atomic mass is 19.1. The van der Waals surface area contributed by atoms with Gasteiger partial charge in [-0.3, -0.25) is 9.69 Å². The highest BCUT2D eigenvalue weighted by Crippen LogP contribution is 2.31. The first kappa shape index (κ1) is 19.6. The number of piperazine rings is 1. The smallest absolute Gasteiger partial charge is 0.414 e. The van der Waals surface area contributed by atoms with E-state index in [1.807, 2.05) is 0 Å². The van der Waals surface area contributed by atoms with Crippen molar-refractivity contribution in [3.05, 3.63) is 23.8 Å². The third-order valence-electron chi connectivity index (χ3n) is 4.63. The Morgan fingerprint density at radius 3 is 2.36 bits per heavy atom. The molecule has 9 nitrogen and oxygen atoms in total. The van der Waals surface area contributed by atoms with Gasteiger partial charge in [0.15, 0.2) is 11.6 Å². The minimum absolute atomic E-state index is 0.0123. The molecule has 0 aromatic heterocycles. The predicted molar refractivity (Wildman–Crippen MR) is 94.5 cm³/mol. The van der Waals surface area contributed by atoms with Crippen molar-refractivity contribution in [1.29, 1.82) is 0 Å². The van der Waals surface area contributed by atoms with Crippen LogP contribution in [0.15, 0.2) is 12.1 Å². The number of carbonyl (C=O) groups is 3. The minimum Gasteiger partial charge on any atom is -0.465 e. The molecule has 0 saturated carbocycles. The van der Waals surface area contributed by atoms with Gasteiger partial charge in [0.25, 0.3) is 0 Å². The van der Waals surface area contributed by atoms with E-state index < -0.39 is 29.9 Å². The second-order valence-corrected chi connectivity index (χ2v) is 6.57. The summed E-state index contributed by atoms with van der Waals surface area (Å²) in [6.07, 6.45) is -2.44. The molecule has 3 amide bonds. The normalized spacial score (nSPS) is 19.6. The molecule has 2 saturated heterocycles. The first-order valence-corrected chi connectivity index (χ1v) is 8.70. The van der Waals surface area contributed by atoms with Crippen LogP contribution in [0.3, 0.4) is 0 Å². The zero-order valence-electron chi connectivity index (χ0n) is 15.2. The average Bonchev–Trinajstić information content (AvgIpc) is 3.00. The number of amides is 3. The molecule has 11 heteroatoms. The van der Waals surface area contributed by atoms with Gasteiger partial charge in [-0.15, -0.1) is 0 Å². The largest absolute Gasteiger partial charge is 0.465 e. The summed E-state index contributed by atoms with van der Waals surface area (Å²) >= 11 is 0. The van der Waals surface area contributed by atoms with Crippen LogP contribution in [-0.4, -0.2) is 73.5 Å². The molecule has 0 spiro atoms. The van der Waals surface area contributed by atoms with E-state index in [1.54, 1.807) is 0 Å². The average molecular weight is 398 g/mol. The number of carbonyl (C=O) groups excluding carboxylic acids is 2. The third-order valence-corrected chi connectivity index (χ3v) is 4.63. The zero-order chi connectivity index (χ0) is 20.4. The number of nitrogens with zero attached hydrogens (tertiary/aromatic N) is 3. The van der Waals surface area contributed by atoms with Gasteiger partial charge in [-0.2, -0.15) is 0 Å². The highest BCUT2D eigenvalue weighted by molar-refractivity contribution is 5.90. The number of hydrogen-bond donors (Lipinski definition) is 2. The number of anilines is 2. The SMILES string of the molecule is CC(=O)NC[C@H]1CN(c2cc(F)c(N3CCN(C(=O)O)CC3)c(F)c2)C(=O)O1. The molecule has 0 radical (unpaired) electrons. The Kier molecular flexibility index (Phi) is 5.52. The van der Waals surface area contributed by atoms with Crippen LogP contribution in [0.2, 0.25) is 0 Å². The van der Waals surface area contributed by atoms with Crippen molar-refractivity contribution >= 4 is 29.5 Å². The highest BCUT2D eigenvalue weighted by Gasteiger charge is 2.34. The molecule has 3 rings (SSSR count). The fourth-order valence-corrected chi connectivity index (χ4v) is 3.23. The quantitative estimate of drug-likeness (QED) is 0.791. The molecule has 0 aliphatic carbocycles. The summed E-state index contributed by atoms with van der Waals surface area (Å²) in [5, 5.41) is 11.5. The molecule has 2 heterocycles. The summed E-state index contributed by atoms with van der Waals surface area (Å²) in [4.78, 5) is 37.6. The van der Waals surface area contributed by atoms with E-state index >= 15 is 0 Å². The predicted octanol–water partition coefficient (Wildman–Crippen LogP) is 1.23. The van der Waals surface area contributed by atoms with E-state index in [0.717, 1.165) is 17.0 Å². The fourth-order valence-electron chi connectivity index (χ4n) is 3.23. The third kappa shape index (κ3) is 4.07. The van der Waals surface area contributed by atoms with Crippen LogP contribution in [0, 0.1) is 11.6 Å². The Morgan fingerprint density at radius 2 is 1.82 bits per heavy atom. The van der Waals surface area contributed by atoms with Crippen molar-refractivity contribution in [1.82, 2.24) is 10.2 Å². The molecule has 2 aliphatic rings. The number of nitrogens with one attached hydrogen (secondary N) is 1. The second-order valence-electron chi connectivity index (χ2n) is 6.57. The summed E-state index contributed by atoms with van der Waals surface area (Å²) in [5.41, 5.74) is -0.241. The molecule has 2 fully saturated rings. The number of carboxylic acid groups (broad SMARTS) is 1. The lowest BCUT2D eigenvalue weighted by Crippen LogP contribution is -2.48. The second kappa shape index (κ2) is 7.87. The Morgan fingerprint density at radius 1 is 1.21 bits per heavy atom. The maximum atomic E-state index is 14.6. The van der Waals surface area contributed by atoms with Crippen LogP contribution in [-0.2, 0) is 9.53 Å². The first-order valence-electron chi connectivity index (χ1n) is 8.70. The van der Waals surface area contributed by atoms with Gasteiger partial charge in [-0.05, 0) is 0 Å². The van der Waals surface area contributed by atoms with Gasteiger partial charge in [-0.25, -0.2) is 18.4 Å². The standard InChI is InChI=1S/C17H20F2N4O5/c1-10(24)20-8-12-9-23(17(27)28-12)11-6-13(18)15(14(19)7-11)21-2-4-22(5-3-21)16(25)26/h6-7,12H,2-5,8-9H2,1H3,(H,20,24)(H,25,26)/t12-/m0/s1. The van der Waals surface area contributed by atoms with Crippen LogP contribution in [0.5, 0.6) is 0 Å². The Labute approximate surface area is 159 Å². The van der Waals surface area contributed by atoms with Gasteiger partial charge < -0.3 is 25.0 Å². The molecule has 2 N–H and O–H groups in total. The van der Waals surface area contributed by atoms with Gasteiger partial charge in [0, 0.05) is 45.2 Å². The Bertz CT molecular complexity index is 775. The summed E-state index contributed by atoms with van der Waals surface area (Å²) in [7, 11) is 0. The lowest BCUT2D eigenvalue weighted by atomic mass is 10.2. The van der Waals surface area contributed by atoms with Crippen LogP contribution in [0.25, 0.3) is 0 Å². The number of benzene rings is 1. The number of cyclic esters (lactones) is 1. The van der Waals surface area contributed by atoms with E-state index in [4.69, 9.17) is 9.84 Å². The molecular weight excluding hydrogens is 378 g/mol. The first-order chi connectivity index (χ1) is 13.3. The van der Waals surface area contributed by atoms with Gasteiger partial charge in [0.05, 0.1) is 18.8 Å². The van der Waals surface area contributed by atoms with Gasteiger partial charge >= 0.3 is 12.2 Å². The van der Waals surface area contributed by atoms with Crippen molar-refractivity contribution in [3.8, 4) is 0 Å². The Hall–Kier alpha value is -3.11. The lowest BCUT2D eigenvalue weighted by Gasteiger charge is -2.35. The molecule has 0 unspecified atom stereocenters. The maximum absolute atomic E-state index is 14.6. The minimum atomic E-state index is -1.07. The van der Waals surface area contributed by atoms with Crippen molar-refractivity contribution in [2.75, 3.05) is 49.1 Å². The fraction of sp³-hybridized carbons (Fsp3) is 0.471. The maximum Gasteiger partial charge on any atom is 0.414 e. The van der Waals surface area contributed by atoms with Gasteiger partial charge in [0.2, 0.25) is 5.91 Å². The Balaban J connectivity index is 1.73. The summed E-state index contributed by atoms with van der Waals surface area (Å²) in [5.74, 6) is -1.98. The molecule has 1 aromatic carbocycles. The lowest BCUT2D eigenvalue weighted by molar-refractivity contribution is -0.119. The molecule has 0 bridgehead atoms. The molecule has 28 heavy (non-hydrogen) atoms. The zero-order valence-corrected chi connectivity index (χ0v) is 15.2. The van der Waals surface area contributed by atoms with Crippen LogP contribution in [0.1, 0.15) is 6.92 Å². The van der Waals surface area contributed by atoms with Crippen LogP contribution >= 0.6 is 0 Å². The topological polar surface area (TPSA) is 102 Å². The number of halogens is 2. The van der Waals surface area contributed by atoms with E-state index in [-0.39, 0.29) is 56.6 Å². The van der Waals surface area contributed by atoms with E-state index in [2.05, 4.69) is 5.32 Å². The molecule has 1 aromatic rings. The van der Waals surface area contributed by atoms with Crippen molar-refractivity contribution in [3.63, 3.8) is 0 Å². The monoisotopic (exact) mass is 398 g/mol.